The molecule has 0 saturated carbocycles. The van der Waals surface area contributed by atoms with Gasteiger partial charge in [-0.25, -0.2) is 4.98 Å². The smallest absolute Gasteiger partial charge is 0.266 e. The predicted octanol–water partition coefficient (Wildman–Crippen LogP) is 6.57. The van der Waals surface area contributed by atoms with Gasteiger partial charge in [0.15, 0.2) is 18.1 Å². The predicted molar refractivity (Wildman–Crippen MR) is 177 cm³/mol. The third-order valence-corrected chi connectivity index (χ3v) is 7.98. The van der Waals surface area contributed by atoms with Crippen molar-refractivity contribution in [2.45, 2.75) is 39.2 Å². The van der Waals surface area contributed by atoms with Crippen LogP contribution in [0.4, 0.5) is 0 Å². The van der Waals surface area contributed by atoms with Crippen LogP contribution in [0.25, 0.3) is 16.6 Å². The van der Waals surface area contributed by atoms with E-state index in [-0.39, 0.29) is 18.1 Å². The molecule has 4 aromatic carbocycles. The molecule has 0 spiro atoms. The van der Waals surface area contributed by atoms with Crippen molar-refractivity contribution in [3.05, 3.63) is 124 Å². The number of aromatic nitrogens is 2. The molecule has 0 bridgehead atoms. The van der Waals surface area contributed by atoms with Crippen molar-refractivity contribution in [3.8, 4) is 22.9 Å². The molecule has 45 heavy (non-hydrogen) atoms. The van der Waals surface area contributed by atoms with Crippen molar-refractivity contribution in [1.29, 1.82) is 0 Å². The summed E-state index contributed by atoms with van der Waals surface area (Å²) in [6.45, 7) is 4.31. The van der Waals surface area contributed by atoms with Gasteiger partial charge in [-0.1, -0.05) is 62.4 Å². The molecule has 0 saturated heterocycles. The molecular formula is C37H39N3O5. The van der Waals surface area contributed by atoms with E-state index < -0.39 is 6.04 Å². The van der Waals surface area contributed by atoms with Crippen LogP contribution in [0, 0.1) is 0 Å². The Morgan fingerprint density at radius 2 is 1.53 bits per heavy atom. The fraction of sp³-hybridized carbons (Fsp3) is 0.270. The Balaban J connectivity index is 1.58. The lowest BCUT2D eigenvalue weighted by Crippen LogP contribution is -2.42. The summed E-state index contributed by atoms with van der Waals surface area (Å²) in [6, 6.07) is 29.8. The Morgan fingerprint density at radius 1 is 0.844 bits per heavy atom. The van der Waals surface area contributed by atoms with E-state index in [9.17, 15) is 9.59 Å². The number of nitrogens with zero attached hydrogens (tertiary/aromatic N) is 3. The maximum absolute atomic E-state index is 14.1. The molecule has 0 fully saturated rings. The van der Waals surface area contributed by atoms with E-state index in [0.717, 1.165) is 12.0 Å². The number of amides is 1. The van der Waals surface area contributed by atoms with Crippen LogP contribution in [-0.2, 0) is 17.6 Å². The lowest BCUT2D eigenvalue weighted by molar-refractivity contribution is -0.136. The molecule has 1 unspecified atom stereocenters. The third-order valence-electron chi connectivity index (χ3n) is 7.98. The van der Waals surface area contributed by atoms with Gasteiger partial charge < -0.3 is 19.1 Å². The summed E-state index contributed by atoms with van der Waals surface area (Å²) in [5.74, 6) is 2.16. The quantitative estimate of drug-likeness (QED) is 0.151. The molecule has 232 valence electrons. The van der Waals surface area contributed by atoms with Crippen molar-refractivity contribution in [2.24, 2.45) is 0 Å². The molecule has 0 radical (unpaired) electrons. The number of carbonyl (C=O) groups excluding carboxylic acids is 1. The van der Waals surface area contributed by atoms with Crippen LogP contribution in [0.1, 0.15) is 43.3 Å². The van der Waals surface area contributed by atoms with Crippen LogP contribution in [0.5, 0.6) is 17.2 Å². The van der Waals surface area contributed by atoms with Gasteiger partial charge in [0.25, 0.3) is 11.5 Å². The second-order valence-corrected chi connectivity index (χ2v) is 10.7. The van der Waals surface area contributed by atoms with Crippen LogP contribution in [-0.4, -0.2) is 47.7 Å². The fourth-order valence-electron chi connectivity index (χ4n) is 5.53. The van der Waals surface area contributed by atoms with Gasteiger partial charge in [0.1, 0.15) is 11.6 Å². The minimum absolute atomic E-state index is 0.157. The van der Waals surface area contributed by atoms with Crippen LogP contribution >= 0.6 is 0 Å². The van der Waals surface area contributed by atoms with Crippen LogP contribution < -0.4 is 19.8 Å². The number of hydrogen-bond donors (Lipinski definition) is 0. The number of methoxy groups -OCH3 is 2. The number of fused-ring (bicyclic) bond motifs is 1. The number of carbonyl (C=O) groups is 1. The molecule has 1 aromatic heterocycles. The summed E-state index contributed by atoms with van der Waals surface area (Å²) >= 11 is 0. The van der Waals surface area contributed by atoms with E-state index in [0.29, 0.717) is 59.0 Å². The van der Waals surface area contributed by atoms with E-state index in [2.05, 4.69) is 6.92 Å². The zero-order valence-corrected chi connectivity index (χ0v) is 26.2. The number of hydrogen-bond acceptors (Lipinski definition) is 6. The molecule has 0 N–H and O–H groups in total. The molecule has 1 heterocycles. The largest absolute Gasteiger partial charge is 0.493 e. The highest BCUT2D eigenvalue weighted by molar-refractivity contribution is 5.79. The first-order valence-electron chi connectivity index (χ1n) is 15.3. The molecule has 1 amide bonds. The zero-order valence-electron chi connectivity index (χ0n) is 26.2. The molecule has 5 aromatic rings. The lowest BCUT2D eigenvalue weighted by atomic mass is 10.1. The first-order valence-corrected chi connectivity index (χ1v) is 15.3. The standard InChI is InChI=1S/C37H39N3O5/c1-5-26-16-19-28(20-17-26)40-36(38-31-15-11-10-14-30(31)37(40)42)32(6-2)39(35(41)25-45-29-12-8-7-9-13-29)23-22-27-18-21-33(43-3)34(24-27)44-4/h7-21,24,32H,5-6,22-23,25H2,1-4H3. The highest BCUT2D eigenvalue weighted by Gasteiger charge is 2.29. The Morgan fingerprint density at radius 3 is 2.22 bits per heavy atom. The average molecular weight is 606 g/mol. The van der Waals surface area contributed by atoms with Crippen LogP contribution in [0.15, 0.2) is 102 Å². The van der Waals surface area contributed by atoms with Gasteiger partial charge in [0, 0.05) is 6.54 Å². The minimum Gasteiger partial charge on any atom is -0.493 e. The van der Waals surface area contributed by atoms with Crippen LogP contribution in [0.3, 0.4) is 0 Å². The average Bonchev–Trinajstić information content (AvgIpc) is 3.09. The van der Waals surface area contributed by atoms with Crippen LogP contribution in [0.2, 0.25) is 0 Å². The van der Waals surface area contributed by atoms with Gasteiger partial charge in [0.05, 0.1) is 36.9 Å². The maximum atomic E-state index is 14.1. The first-order chi connectivity index (χ1) is 22.0. The summed E-state index contributed by atoms with van der Waals surface area (Å²) in [5.41, 5.74) is 3.26. The Labute approximate surface area is 263 Å². The van der Waals surface area contributed by atoms with Gasteiger partial charge >= 0.3 is 0 Å². The van der Waals surface area contributed by atoms with E-state index in [4.69, 9.17) is 19.2 Å². The van der Waals surface area contributed by atoms with Gasteiger partial charge in [0.2, 0.25) is 0 Å². The molecule has 1 atom stereocenters. The molecule has 0 aliphatic carbocycles. The number of para-hydroxylation sites is 2. The molecular weight excluding hydrogens is 566 g/mol. The molecule has 8 heteroatoms. The minimum atomic E-state index is -0.514. The lowest BCUT2D eigenvalue weighted by Gasteiger charge is -2.32. The summed E-state index contributed by atoms with van der Waals surface area (Å²) < 4.78 is 18.5. The van der Waals surface area contributed by atoms with Gasteiger partial charge in [-0.15, -0.1) is 0 Å². The van der Waals surface area contributed by atoms with E-state index >= 15 is 0 Å². The monoisotopic (exact) mass is 605 g/mol. The second-order valence-electron chi connectivity index (χ2n) is 10.7. The number of ether oxygens (including phenoxy) is 3. The summed E-state index contributed by atoms with van der Waals surface area (Å²) in [5, 5.41) is 0.520. The van der Waals surface area contributed by atoms with Crippen molar-refractivity contribution in [3.63, 3.8) is 0 Å². The fourth-order valence-corrected chi connectivity index (χ4v) is 5.53. The number of aryl methyl sites for hydroxylation is 1. The van der Waals surface area contributed by atoms with E-state index in [1.54, 1.807) is 29.8 Å². The first kappa shape index (κ1) is 31.3. The third kappa shape index (κ3) is 7.01. The van der Waals surface area contributed by atoms with Gasteiger partial charge in [-0.2, -0.15) is 0 Å². The van der Waals surface area contributed by atoms with Gasteiger partial charge in [-0.3, -0.25) is 14.2 Å². The summed E-state index contributed by atoms with van der Waals surface area (Å²) in [4.78, 5) is 35.0. The van der Waals surface area contributed by atoms with Gasteiger partial charge in [-0.05, 0) is 78.9 Å². The summed E-state index contributed by atoms with van der Waals surface area (Å²) in [7, 11) is 3.20. The molecule has 0 aliphatic rings. The van der Waals surface area contributed by atoms with Crippen molar-refractivity contribution < 1.29 is 19.0 Å². The Hall–Kier alpha value is -5.11. The Bertz CT molecular complexity index is 1800. The number of rotatable bonds is 13. The number of benzene rings is 4. The second kappa shape index (κ2) is 14.6. The topological polar surface area (TPSA) is 82.9 Å². The SMILES string of the molecule is CCc1ccc(-n2c(C(CC)N(CCc3ccc(OC)c(OC)c3)C(=O)COc3ccccc3)nc3ccccc3c2=O)cc1. The zero-order chi connectivity index (χ0) is 31.8. The van der Waals surface area contributed by atoms with E-state index in [1.165, 1.54) is 5.56 Å². The van der Waals surface area contributed by atoms with Crippen molar-refractivity contribution in [2.75, 3.05) is 27.4 Å². The highest BCUT2D eigenvalue weighted by atomic mass is 16.5. The normalized spacial score (nSPS) is 11.6. The van der Waals surface area contributed by atoms with E-state index in [1.807, 2.05) is 97.9 Å². The van der Waals surface area contributed by atoms with Crippen molar-refractivity contribution >= 4 is 16.8 Å². The summed E-state index contributed by atoms with van der Waals surface area (Å²) in [6.07, 6.45) is 1.95. The molecule has 0 aliphatic heterocycles. The molecule has 5 rings (SSSR count). The molecule has 8 nitrogen and oxygen atoms in total. The highest BCUT2D eigenvalue weighted by Crippen LogP contribution is 2.30. The van der Waals surface area contributed by atoms with Crippen molar-refractivity contribution in [1.82, 2.24) is 14.5 Å². The Kier molecular flexibility index (Phi) is 10.1. The maximum Gasteiger partial charge on any atom is 0.266 e.